The van der Waals surface area contributed by atoms with Gasteiger partial charge in [-0.25, -0.2) is 4.79 Å². The van der Waals surface area contributed by atoms with E-state index in [2.05, 4.69) is 10.6 Å². The normalized spacial score (nSPS) is 14.5. The van der Waals surface area contributed by atoms with Gasteiger partial charge in [0.25, 0.3) is 0 Å². The van der Waals surface area contributed by atoms with Crippen LogP contribution in [-0.4, -0.2) is 24.8 Å². The molecular formula is C18H24N2O4. The van der Waals surface area contributed by atoms with Crippen molar-refractivity contribution in [3.8, 4) is 5.75 Å². The van der Waals surface area contributed by atoms with Gasteiger partial charge in [0.15, 0.2) is 0 Å². The second kappa shape index (κ2) is 7.88. The highest BCUT2D eigenvalue weighted by Gasteiger charge is 2.27. The second-order valence-electron chi connectivity index (χ2n) is 5.78. The minimum atomic E-state index is -1.27. The molecule has 0 bridgehead atoms. The fraction of sp³-hybridized carbons (Fsp3) is 0.389. The summed E-state index contributed by atoms with van der Waals surface area (Å²) >= 11 is 0. The van der Waals surface area contributed by atoms with Gasteiger partial charge < -0.3 is 24.9 Å². The Morgan fingerprint density at radius 1 is 1.33 bits per heavy atom. The summed E-state index contributed by atoms with van der Waals surface area (Å²) < 4.78 is 10.5. The summed E-state index contributed by atoms with van der Waals surface area (Å²) in [5, 5.41) is 15.9. The predicted molar refractivity (Wildman–Crippen MR) is 90.8 cm³/mol. The summed E-state index contributed by atoms with van der Waals surface area (Å²) in [6.07, 6.45) is 2.20. The van der Waals surface area contributed by atoms with E-state index in [1.54, 1.807) is 26.2 Å². The lowest BCUT2D eigenvalue weighted by atomic mass is 10.0. The minimum Gasteiger partial charge on any atom is -0.496 e. The summed E-state index contributed by atoms with van der Waals surface area (Å²) in [6, 6.07) is 10.4. The fourth-order valence-corrected chi connectivity index (χ4v) is 2.49. The van der Waals surface area contributed by atoms with Crippen molar-refractivity contribution in [3.05, 3.63) is 54.0 Å². The van der Waals surface area contributed by atoms with Crippen LogP contribution >= 0.6 is 0 Å². The van der Waals surface area contributed by atoms with Crippen molar-refractivity contribution < 1.29 is 19.1 Å². The minimum absolute atomic E-state index is 0.0364. The monoisotopic (exact) mass is 332 g/mol. The second-order valence-corrected chi connectivity index (χ2v) is 5.78. The molecule has 1 aromatic heterocycles. The van der Waals surface area contributed by atoms with E-state index in [9.17, 15) is 9.90 Å². The van der Waals surface area contributed by atoms with Crippen LogP contribution in [0.1, 0.15) is 37.6 Å². The quantitative estimate of drug-likeness (QED) is 0.728. The Morgan fingerprint density at radius 2 is 2.08 bits per heavy atom. The molecule has 0 fully saturated rings. The average Bonchev–Trinajstić information content (AvgIpc) is 3.13. The van der Waals surface area contributed by atoms with E-state index >= 15 is 0 Å². The molecule has 6 nitrogen and oxygen atoms in total. The van der Waals surface area contributed by atoms with Crippen LogP contribution in [0.4, 0.5) is 4.79 Å². The first kappa shape index (κ1) is 17.9. The van der Waals surface area contributed by atoms with E-state index in [0.717, 1.165) is 11.3 Å². The number of benzene rings is 1. The van der Waals surface area contributed by atoms with Crippen molar-refractivity contribution in [2.45, 2.75) is 31.9 Å². The lowest BCUT2D eigenvalue weighted by Gasteiger charge is -2.24. The Labute approximate surface area is 141 Å². The average molecular weight is 332 g/mol. The van der Waals surface area contributed by atoms with Gasteiger partial charge in [-0.2, -0.15) is 0 Å². The fourth-order valence-electron chi connectivity index (χ4n) is 2.49. The van der Waals surface area contributed by atoms with Crippen molar-refractivity contribution in [2.24, 2.45) is 0 Å². The van der Waals surface area contributed by atoms with Gasteiger partial charge in [-0.05, 0) is 31.5 Å². The highest BCUT2D eigenvalue weighted by molar-refractivity contribution is 5.74. The zero-order valence-corrected chi connectivity index (χ0v) is 14.2. The van der Waals surface area contributed by atoms with Gasteiger partial charge in [0, 0.05) is 5.56 Å². The maximum Gasteiger partial charge on any atom is 0.315 e. The van der Waals surface area contributed by atoms with Gasteiger partial charge in [0.1, 0.15) is 17.1 Å². The van der Waals surface area contributed by atoms with Crippen LogP contribution in [0.3, 0.4) is 0 Å². The Balaban J connectivity index is 1.97. The largest absolute Gasteiger partial charge is 0.496 e. The number of amides is 2. The predicted octanol–water partition coefficient (Wildman–Crippen LogP) is 2.95. The van der Waals surface area contributed by atoms with Crippen LogP contribution < -0.4 is 15.4 Å². The van der Waals surface area contributed by atoms with E-state index in [0.29, 0.717) is 12.2 Å². The lowest BCUT2D eigenvalue weighted by Crippen LogP contribution is -2.44. The number of ether oxygens (including phenoxy) is 1. The highest BCUT2D eigenvalue weighted by Crippen LogP contribution is 2.26. The molecule has 2 aromatic rings. The molecule has 0 aliphatic carbocycles. The summed E-state index contributed by atoms with van der Waals surface area (Å²) in [6.45, 7) is 3.61. The highest BCUT2D eigenvalue weighted by atomic mass is 16.5. The summed E-state index contributed by atoms with van der Waals surface area (Å²) in [5.41, 5.74) is -0.358. The van der Waals surface area contributed by atoms with Crippen LogP contribution in [0.5, 0.6) is 5.75 Å². The number of rotatable bonds is 7. The number of urea groups is 1. The van der Waals surface area contributed by atoms with Gasteiger partial charge in [-0.3, -0.25) is 0 Å². The van der Waals surface area contributed by atoms with Crippen molar-refractivity contribution in [1.82, 2.24) is 10.6 Å². The molecule has 2 atom stereocenters. The van der Waals surface area contributed by atoms with Gasteiger partial charge in [-0.1, -0.05) is 25.1 Å². The number of nitrogens with one attached hydrogen (secondary N) is 2. The molecule has 0 spiro atoms. The van der Waals surface area contributed by atoms with Crippen LogP contribution in [0.15, 0.2) is 47.1 Å². The Kier molecular flexibility index (Phi) is 5.87. The summed E-state index contributed by atoms with van der Waals surface area (Å²) in [7, 11) is 1.60. The van der Waals surface area contributed by atoms with Crippen LogP contribution in [0.2, 0.25) is 0 Å². The number of hydrogen-bond donors (Lipinski definition) is 3. The zero-order chi connectivity index (χ0) is 17.6. The van der Waals surface area contributed by atoms with Gasteiger partial charge in [0.05, 0.1) is 26.0 Å². The zero-order valence-electron chi connectivity index (χ0n) is 14.2. The number of carbonyl (C=O) groups excluding carboxylic acids is 1. The molecule has 0 radical (unpaired) electrons. The van der Waals surface area contributed by atoms with E-state index in [1.165, 1.54) is 6.26 Å². The number of para-hydroxylation sites is 1. The Morgan fingerprint density at radius 3 is 2.71 bits per heavy atom. The third-order valence-electron chi connectivity index (χ3n) is 3.87. The molecule has 2 rings (SSSR count). The molecule has 0 saturated heterocycles. The van der Waals surface area contributed by atoms with E-state index in [1.807, 2.05) is 31.2 Å². The van der Waals surface area contributed by atoms with Crippen molar-refractivity contribution in [1.29, 1.82) is 0 Å². The molecule has 0 aliphatic rings. The summed E-state index contributed by atoms with van der Waals surface area (Å²) in [5.74, 6) is 1.13. The number of carbonyl (C=O) groups is 1. The van der Waals surface area contributed by atoms with E-state index in [4.69, 9.17) is 9.15 Å². The summed E-state index contributed by atoms with van der Waals surface area (Å²) in [4.78, 5) is 12.2. The smallest absolute Gasteiger partial charge is 0.315 e. The van der Waals surface area contributed by atoms with Gasteiger partial charge in [-0.15, -0.1) is 0 Å². The van der Waals surface area contributed by atoms with Crippen molar-refractivity contribution in [3.63, 3.8) is 0 Å². The van der Waals surface area contributed by atoms with Gasteiger partial charge >= 0.3 is 6.03 Å². The molecule has 130 valence electrons. The van der Waals surface area contributed by atoms with Crippen LogP contribution in [-0.2, 0) is 5.60 Å². The first-order valence-electron chi connectivity index (χ1n) is 7.91. The molecule has 2 amide bonds. The van der Waals surface area contributed by atoms with E-state index < -0.39 is 5.60 Å². The number of methoxy groups -OCH3 is 1. The maximum absolute atomic E-state index is 12.2. The molecule has 24 heavy (non-hydrogen) atoms. The van der Waals surface area contributed by atoms with Crippen molar-refractivity contribution >= 4 is 6.03 Å². The molecule has 0 aliphatic heterocycles. The van der Waals surface area contributed by atoms with Gasteiger partial charge in [0.2, 0.25) is 0 Å². The first-order chi connectivity index (χ1) is 11.5. The molecule has 1 aromatic carbocycles. The Bertz CT molecular complexity index is 653. The maximum atomic E-state index is 12.2. The van der Waals surface area contributed by atoms with E-state index in [-0.39, 0.29) is 18.6 Å². The molecule has 1 heterocycles. The lowest BCUT2D eigenvalue weighted by molar-refractivity contribution is 0.0366. The molecule has 6 heteroatoms. The van der Waals surface area contributed by atoms with Crippen LogP contribution in [0.25, 0.3) is 0 Å². The SMILES string of the molecule is CC[C@H](NC(=O)NC[C@@](C)(O)c1ccco1)c1ccccc1OC. The molecule has 0 unspecified atom stereocenters. The third-order valence-corrected chi connectivity index (χ3v) is 3.87. The number of hydrogen-bond acceptors (Lipinski definition) is 4. The molecule has 3 N–H and O–H groups in total. The number of furan rings is 1. The molecular weight excluding hydrogens is 308 g/mol. The Hall–Kier alpha value is -2.47. The third kappa shape index (κ3) is 4.29. The standard InChI is InChI=1S/C18H24N2O4/c1-4-14(13-8-5-6-9-15(13)23-3)20-17(21)19-12-18(2,22)16-10-7-11-24-16/h5-11,14,22H,4,12H2,1-3H3,(H2,19,20,21)/t14-,18+/m0/s1. The topological polar surface area (TPSA) is 83.7 Å². The van der Waals surface area contributed by atoms with Crippen LogP contribution in [0, 0.1) is 0 Å². The molecule has 0 saturated carbocycles. The van der Waals surface area contributed by atoms with Crippen molar-refractivity contribution in [2.75, 3.05) is 13.7 Å². The first-order valence-corrected chi connectivity index (χ1v) is 7.91. The number of aliphatic hydroxyl groups is 1.